The number of aromatic nitrogens is 2. The van der Waals surface area contributed by atoms with Crippen molar-refractivity contribution in [3.05, 3.63) is 60.7 Å². The molecule has 0 bridgehead atoms. The van der Waals surface area contributed by atoms with Gasteiger partial charge in [0.05, 0.1) is 28.9 Å². The highest BCUT2D eigenvalue weighted by molar-refractivity contribution is 7.85. The van der Waals surface area contributed by atoms with Crippen LogP contribution in [0.5, 0.6) is 0 Å². The van der Waals surface area contributed by atoms with Crippen LogP contribution < -0.4 is 16.2 Å². The van der Waals surface area contributed by atoms with Crippen LogP contribution in [-0.2, 0) is 10.1 Å². The summed E-state index contributed by atoms with van der Waals surface area (Å²) in [5.41, 5.74) is 8.07. The third-order valence-electron chi connectivity index (χ3n) is 4.60. The van der Waals surface area contributed by atoms with Gasteiger partial charge in [0.15, 0.2) is 5.82 Å². The fraction of sp³-hybridized carbons (Fsp3) is 0.238. The normalized spacial score (nSPS) is 12.4. The van der Waals surface area contributed by atoms with Crippen molar-refractivity contribution in [3.63, 3.8) is 0 Å². The number of nitrogens with zero attached hydrogens (tertiary/aromatic N) is 2. The molecule has 0 aliphatic heterocycles. The summed E-state index contributed by atoms with van der Waals surface area (Å²) in [6, 6.07) is 16.8. The van der Waals surface area contributed by atoms with E-state index in [2.05, 4.69) is 26.1 Å². The lowest BCUT2D eigenvalue weighted by Gasteiger charge is -2.21. The zero-order chi connectivity index (χ0) is 22.4. The van der Waals surface area contributed by atoms with Crippen LogP contribution >= 0.6 is 0 Å². The summed E-state index contributed by atoms with van der Waals surface area (Å²) < 4.78 is 31.4. The van der Waals surface area contributed by atoms with E-state index in [1.807, 2.05) is 44.2 Å². The summed E-state index contributed by atoms with van der Waals surface area (Å²) >= 11 is 0. The molecule has 9 nitrogen and oxygen atoms in total. The van der Waals surface area contributed by atoms with Crippen LogP contribution in [0.4, 0.5) is 17.5 Å². The predicted octanol–water partition coefficient (Wildman–Crippen LogP) is 3.26. The van der Waals surface area contributed by atoms with Crippen LogP contribution in [0.3, 0.4) is 0 Å². The number of hydrogen-bond acceptors (Lipinski definition) is 8. The number of hydrazine groups is 1. The number of aliphatic hydroxyl groups excluding tert-OH is 1. The van der Waals surface area contributed by atoms with E-state index in [-0.39, 0.29) is 23.5 Å². The van der Waals surface area contributed by atoms with E-state index >= 15 is 0 Å². The molecule has 2 aromatic carbocycles. The number of anilines is 3. The third kappa shape index (κ3) is 6.14. The minimum absolute atomic E-state index is 0.0578. The molecule has 1 aromatic heterocycles. The minimum atomic E-state index is -4.25. The number of benzene rings is 2. The molecule has 1 heterocycles. The summed E-state index contributed by atoms with van der Waals surface area (Å²) in [7, 11) is -4.25. The summed E-state index contributed by atoms with van der Waals surface area (Å²) in [6.07, 6.45) is 0. The smallest absolute Gasteiger partial charge is 0.294 e. The van der Waals surface area contributed by atoms with Gasteiger partial charge in [-0.1, -0.05) is 44.2 Å². The highest BCUT2D eigenvalue weighted by Crippen LogP contribution is 2.22. The van der Waals surface area contributed by atoms with Gasteiger partial charge in [0.25, 0.3) is 10.1 Å². The molecule has 1 atom stereocenters. The van der Waals surface area contributed by atoms with Crippen molar-refractivity contribution >= 4 is 27.6 Å². The van der Waals surface area contributed by atoms with Crippen molar-refractivity contribution in [2.24, 2.45) is 5.92 Å². The SMILES string of the molecule is CC(C)[C@H](CO)Nc1nc(NNc2ccc(S(=O)(=O)O)cc2)cc(-c2ccccc2)n1. The van der Waals surface area contributed by atoms with Crippen molar-refractivity contribution in [2.75, 3.05) is 22.8 Å². The lowest BCUT2D eigenvalue weighted by molar-refractivity contribution is 0.248. The van der Waals surface area contributed by atoms with Gasteiger partial charge >= 0.3 is 0 Å². The van der Waals surface area contributed by atoms with Gasteiger partial charge in [0.1, 0.15) is 0 Å². The Labute approximate surface area is 181 Å². The van der Waals surface area contributed by atoms with Gasteiger partial charge in [-0.3, -0.25) is 15.4 Å². The summed E-state index contributed by atoms with van der Waals surface area (Å²) in [5.74, 6) is 1.00. The molecule has 0 unspecified atom stereocenters. The zero-order valence-corrected chi connectivity index (χ0v) is 18.0. The Balaban J connectivity index is 1.85. The molecule has 0 saturated carbocycles. The quantitative estimate of drug-likeness (QED) is 0.249. The van der Waals surface area contributed by atoms with Gasteiger partial charge in [0.2, 0.25) is 5.95 Å². The Morgan fingerprint density at radius 1 is 0.968 bits per heavy atom. The first-order valence-corrected chi connectivity index (χ1v) is 11.1. The maximum absolute atomic E-state index is 11.2. The number of nitrogens with one attached hydrogen (secondary N) is 3. The van der Waals surface area contributed by atoms with Gasteiger partial charge < -0.3 is 10.4 Å². The van der Waals surface area contributed by atoms with Crippen molar-refractivity contribution in [2.45, 2.75) is 24.8 Å². The summed E-state index contributed by atoms with van der Waals surface area (Å²) in [4.78, 5) is 8.84. The molecule has 0 amide bonds. The molecule has 0 fully saturated rings. The van der Waals surface area contributed by atoms with Crippen molar-refractivity contribution in [1.29, 1.82) is 0 Å². The van der Waals surface area contributed by atoms with Gasteiger partial charge in [0, 0.05) is 11.6 Å². The first-order valence-electron chi connectivity index (χ1n) is 9.68. The van der Waals surface area contributed by atoms with E-state index in [4.69, 9.17) is 4.55 Å². The van der Waals surface area contributed by atoms with E-state index in [0.717, 1.165) is 5.56 Å². The Bertz CT molecular complexity index is 1110. The molecule has 164 valence electrons. The van der Waals surface area contributed by atoms with E-state index < -0.39 is 10.1 Å². The monoisotopic (exact) mass is 443 g/mol. The number of rotatable bonds is 9. The highest BCUT2D eigenvalue weighted by atomic mass is 32.2. The van der Waals surface area contributed by atoms with Crippen molar-refractivity contribution in [3.8, 4) is 11.3 Å². The average Bonchev–Trinajstić information content (AvgIpc) is 2.76. The van der Waals surface area contributed by atoms with Gasteiger partial charge in [-0.05, 0) is 30.2 Å². The Kier molecular flexibility index (Phi) is 7.06. The average molecular weight is 444 g/mol. The summed E-state index contributed by atoms with van der Waals surface area (Å²) in [5, 5.41) is 12.8. The predicted molar refractivity (Wildman–Crippen MR) is 120 cm³/mol. The maximum Gasteiger partial charge on any atom is 0.294 e. The lowest BCUT2D eigenvalue weighted by Crippen LogP contribution is -2.30. The van der Waals surface area contributed by atoms with Crippen LogP contribution in [0.1, 0.15) is 13.8 Å². The first-order chi connectivity index (χ1) is 14.8. The first kappa shape index (κ1) is 22.5. The molecule has 0 radical (unpaired) electrons. The summed E-state index contributed by atoms with van der Waals surface area (Å²) in [6.45, 7) is 3.93. The van der Waals surface area contributed by atoms with Crippen LogP contribution in [0, 0.1) is 5.92 Å². The lowest BCUT2D eigenvalue weighted by atomic mass is 10.1. The van der Waals surface area contributed by atoms with Gasteiger partial charge in [-0.15, -0.1) is 0 Å². The minimum Gasteiger partial charge on any atom is -0.394 e. The zero-order valence-electron chi connectivity index (χ0n) is 17.1. The molecule has 31 heavy (non-hydrogen) atoms. The second kappa shape index (κ2) is 9.73. The van der Waals surface area contributed by atoms with Crippen molar-refractivity contribution < 1.29 is 18.1 Å². The molecule has 3 rings (SSSR count). The molecule has 3 aromatic rings. The number of aliphatic hydroxyl groups is 1. The fourth-order valence-corrected chi connectivity index (χ4v) is 3.25. The van der Waals surface area contributed by atoms with Gasteiger partial charge in [-0.2, -0.15) is 13.4 Å². The standard InChI is InChI=1S/C21H25N5O4S/c1-14(2)19(13-27)23-21-22-18(15-6-4-3-5-7-15)12-20(24-21)26-25-16-8-10-17(11-9-16)31(28,29)30/h3-12,14,19,25,27H,13H2,1-2H3,(H,28,29,30)(H2,22,23,24,26)/t19-/m0/s1. The van der Waals surface area contributed by atoms with Crippen LogP contribution in [0.2, 0.25) is 0 Å². The molecular formula is C21H25N5O4S. The number of hydrogen-bond donors (Lipinski definition) is 5. The van der Waals surface area contributed by atoms with Crippen LogP contribution in [0.15, 0.2) is 65.6 Å². The Hall–Kier alpha value is -3.21. The Morgan fingerprint density at radius 3 is 2.23 bits per heavy atom. The van der Waals surface area contributed by atoms with Crippen LogP contribution in [0.25, 0.3) is 11.3 Å². The molecule has 0 saturated heterocycles. The van der Waals surface area contributed by atoms with Crippen molar-refractivity contribution in [1.82, 2.24) is 9.97 Å². The third-order valence-corrected chi connectivity index (χ3v) is 5.47. The van der Waals surface area contributed by atoms with E-state index in [0.29, 0.717) is 23.1 Å². The molecule has 5 N–H and O–H groups in total. The topological polar surface area (TPSA) is 136 Å². The van der Waals surface area contributed by atoms with E-state index in [1.54, 1.807) is 6.07 Å². The van der Waals surface area contributed by atoms with Crippen LogP contribution in [-0.4, -0.2) is 40.7 Å². The fourth-order valence-electron chi connectivity index (χ4n) is 2.77. The molecule has 10 heteroatoms. The largest absolute Gasteiger partial charge is 0.394 e. The molecule has 0 spiro atoms. The highest BCUT2D eigenvalue weighted by Gasteiger charge is 2.15. The van der Waals surface area contributed by atoms with E-state index in [9.17, 15) is 13.5 Å². The molecular weight excluding hydrogens is 418 g/mol. The Morgan fingerprint density at radius 2 is 1.65 bits per heavy atom. The maximum atomic E-state index is 11.2. The molecule has 0 aliphatic rings. The van der Waals surface area contributed by atoms with E-state index in [1.165, 1.54) is 24.3 Å². The molecule has 0 aliphatic carbocycles. The second-order valence-corrected chi connectivity index (χ2v) is 8.68. The second-order valence-electron chi connectivity index (χ2n) is 7.25. The van der Waals surface area contributed by atoms with Gasteiger partial charge in [-0.25, -0.2) is 4.98 Å².